The number of nitrogens with one attached hydrogen (secondary N) is 1. The molecule has 0 radical (unpaired) electrons. The number of morpholine rings is 1. The van der Waals surface area contributed by atoms with Gasteiger partial charge in [-0.25, -0.2) is 4.98 Å². The molecule has 5 rings (SSSR count). The molecule has 2 saturated heterocycles. The van der Waals surface area contributed by atoms with Crippen LogP contribution in [0.25, 0.3) is 0 Å². The summed E-state index contributed by atoms with van der Waals surface area (Å²) in [6, 6.07) is 12.3. The third-order valence-corrected chi connectivity index (χ3v) is 6.50. The van der Waals surface area contributed by atoms with Crippen LogP contribution in [0.1, 0.15) is 34.3 Å². The lowest BCUT2D eigenvalue weighted by Crippen LogP contribution is -2.49. The van der Waals surface area contributed by atoms with E-state index in [1.807, 2.05) is 24.4 Å². The van der Waals surface area contributed by atoms with Crippen molar-refractivity contribution in [1.82, 2.24) is 15.2 Å². The van der Waals surface area contributed by atoms with E-state index < -0.39 is 0 Å². The topological polar surface area (TPSA) is 57.7 Å². The molecule has 3 aliphatic heterocycles. The van der Waals surface area contributed by atoms with Gasteiger partial charge in [0, 0.05) is 44.5 Å². The van der Waals surface area contributed by atoms with Crippen LogP contribution in [-0.2, 0) is 17.7 Å². The van der Waals surface area contributed by atoms with Crippen LogP contribution >= 0.6 is 0 Å². The second-order valence-electron chi connectivity index (χ2n) is 8.48. The molecule has 2 aromatic rings. The van der Waals surface area contributed by atoms with Crippen LogP contribution in [0.15, 0.2) is 42.6 Å². The van der Waals surface area contributed by atoms with Crippen LogP contribution < -0.4 is 10.2 Å². The Kier molecular flexibility index (Phi) is 4.97. The predicted molar refractivity (Wildman–Crippen MR) is 112 cm³/mol. The molecule has 1 amide bonds. The Morgan fingerprint density at radius 2 is 1.93 bits per heavy atom. The number of anilines is 1. The van der Waals surface area contributed by atoms with E-state index in [4.69, 9.17) is 4.74 Å². The number of nitrogens with zero attached hydrogens (tertiary/aromatic N) is 3. The lowest BCUT2D eigenvalue weighted by molar-refractivity contribution is 0.0902. The number of rotatable bonds is 3. The summed E-state index contributed by atoms with van der Waals surface area (Å²) in [5.41, 5.74) is 3.12. The third kappa shape index (κ3) is 3.87. The van der Waals surface area contributed by atoms with Crippen molar-refractivity contribution in [1.29, 1.82) is 0 Å². The van der Waals surface area contributed by atoms with Gasteiger partial charge in [-0.15, -0.1) is 0 Å². The lowest BCUT2D eigenvalue weighted by atomic mass is 9.91. The Balaban J connectivity index is 1.23. The van der Waals surface area contributed by atoms with Crippen LogP contribution in [0.2, 0.25) is 0 Å². The molecule has 1 atom stereocenters. The lowest BCUT2D eigenvalue weighted by Gasteiger charge is -2.29. The minimum absolute atomic E-state index is 0.0801. The number of carbonyl (C=O) groups excluding carboxylic acids is 1. The Labute approximate surface area is 171 Å². The average Bonchev–Trinajstić information content (AvgIpc) is 3.09. The Bertz CT molecular complexity index is 879. The zero-order valence-corrected chi connectivity index (χ0v) is 16.8. The Hall–Kier alpha value is -2.44. The summed E-state index contributed by atoms with van der Waals surface area (Å²) in [5, 5.41) is 3.36. The van der Waals surface area contributed by atoms with Gasteiger partial charge in [0.1, 0.15) is 5.82 Å². The summed E-state index contributed by atoms with van der Waals surface area (Å²) in [6.07, 6.45) is 4.96. The minimum Gasteiger partial charge on any atom is -0.378 e. The van der Waals surface area contributed by atoms with Crippen molar-refractivity contribution in [3.05, 3.63) is 59.3 Å². The van der Waals surface area contributed by atoms with E-state index in [-0.39, 0.29) is 11.4 Å². The van der Waals surface area contributed by atoms with E-state index in [1.54, 1.807) is 0 Å². The number of benzene rings is 1. The number of fused-ring (bicyclic) bond motifs is 1. The first-order valence-corrected chi connectivity index (χ1v) is 10.6. The summed E-state index contributed by atoms with van der Waals surface area (Å²) in [4.78, 5) is 22.2. The summed E-state index contributed by atoms with van der Waals surface area (Å²) in [6.45, 7) is 6.14. The van der Waals surface area contributed by atoms with Crippen molar-refractivity contribution >= 4 is 11.7 Å². The molecule has 6 heteroatoms. The second kappa shape index (κ2) is 7.76. The van der Waals surface area contributed by atoms with Crippen molar-refractivity contribution in [3.8, 4) is 0 Å². The van der Waals surface area contributed by atoms with Gasteiger partial charge in [-0.1, -0.05) is 24.3 Å². The molecule has 152 valence electrons. The first-order chi connectivity index (χ1) is 14.2. The van der Waals surface area contributed by atoms with Crippen molar-refractivity contribution in [2.45, 2.75) is 31.3 Å². The molecule has 1 aromatic heterocycles. The predicted octanol–water partition coefficient (Wildman–Crippen LogP) is 2.24. The Morgan fingerprint density at radius 1 is 1.07 bits per heavy atom. The van der Waals surface area contributed by atoms with E-state index in [2.05, 4.69) is 38.3 Å². The smallest absolute Gasteiger partial charge is 0.252 e. The zero-order chi connectivity index (χ0) is 19.7. The highest BCUT2D eigenvalue weighted by molar-refractivity contribution is 5.96. The van der Waals surface area contributed by atoms with E-state index in [9.17, 15) is 4.79 Å². The molecular weight excluding hydrogens is 364 g/mol. The van der Waals surface area contributed by atoms with E-state index in [0.717, 1.165) is 76.6 Å². The summed E-state index contributed by atoms with van der Waals surface area (Å²) in [7, 11) is 0. The van der Waals surface area contributed by atoms with Crippen molar-refractivity contribution < 1.29 is 9.53 Å². The fourth-order valence-corrected chi connectivity index (χ4v) is 4.85. The summed E-state index contributed by atoms with van der Waals surface area (Å²) < 4.78 is 5.42. The second-order valence-corrected chi connectivity index (χ2v) is 8.48. The Morgan fingerprint density at radius 3 is 2.76 bits per heavy atom. The van der Waals surface area contributed by atoms with Gasteiger partial charge >= 0.3 is 0 Å². The zero-order valence-electron chi connectivity index (χ0n) is 16.8. The first kappa shape index (κ1) is 18.6. The van der Waals surface area contributed by atoms with Gasteiger partial charge in [0.25, 0.3) is 5.91 Å². The van der Waals surface area contributed by atoms with E-state index >= 15 is 0 Å². The van der Waals surface area contributed by atoms with Gasteiger partial charge in [0.2, 0.25) is 0 Å². The van der Waals surface area contributed by atoms with Gasteiger partial charge in [0.05, 0.1) is 18.8 Å². The van der Waals surface area contributed by atoms with Crippen LogP contribution in [0.3, 0.4) is 0 Å². The maximum absolute atomic E-state index is 12.8. The van der Waals surface area contributed by atoms with Gasteiger partial charge in [-0.2, -0.15) is 0 Å². The summed E-state index contributed by atoms with van der Waals surface area (Å²) >= 11 is 0. The molecular formula is C23H28N4O2. The standard InChI is InChI=1S/C23H28N4O2/c28-22-20-4-2-1-3-19(20)7-8-23(25-22)9-10-26(17-23)16-18-5-6-21(24-15-18)27-11-13-29-14-12-27/h1-6,15H,7-14,16-17H2,(H,25,28). The maximum atomic E-state index is 12.8. The monoisotopic (exact) mass is 392 g/mol. The quantitative estimate of drug-likeness (QED) is 0.868. The number of aromatic nitrogens is 1. The van der Waals surface area contributed by atoms with E-state index in [1.165, 1.54) is 11.1 Å². The highest BCUT2D eigenvalue weighted by atomic mass is 16.5. The molecule has 0 bridgehead atoms. The number of pyridine rings is 1. The number of hydrogen-bond acceptors (Lipinski definition) is 5. The van der Waals surface area contributed by atoms with E-state index in [0.29, 0.717) is 0 Å². The molecule has 29 heavy (non-hydrogen) atoms. The minimum atomic E-state index is -0.114. The van der Waals surface area contributed by atoms with Crippen LogP contribution in [0, 0.1) is 0 Å². The number of carbonyl (C=O) groups is 1. The highest BCUT2D eigenvalue weighted by Gasteiger charge is 2.41. The molecule has 1 spiro atoms. The van der Waals surface area contributed by atoms with Crippen LogP contribution in [0.4, 0.5) is 5.82 Å². The van der Waals surface area contributed by atoms with Crippen molar-refractivity contribution in [3.63, 3.8) is 0 Å². The number of ether oxygens (including phenoxy) is 1. The van der Waals surface area contributed by atoms with Crippen LogP contribution in [0.5, 0.6) is 0 Å². The molecule has 1 unspecified atom stereocenters. The van der Waals surface area contributed by atoms with Gasteiger partial charge in [-0.05, 0) is 42.5 Å². The fraction of sp³-hybridized carbons (Fsp3) is 0.478. The largest absolute Gasteiger partial charge is 0.378 e. The number of aryl methyl sites for hydroxylation is 1. The SMILES string of the molecule is O=C1NC2(CCc3ccccc31)CCN(Cc1ccc(N3CCOCC3)nc1)C2. The molecule has 4 heterocycles. The molecule has 1 aromatic carbocycles. The highest BCUT2D eigenvalue weighted by Crippen LogP contribution is 2.31. The van der Waals surface area contributed by atoms with Crippen LogP contribution in [-0.4, -0.2) is 60.7 Å². The number of amides is 1. The maximum Gasteiger partial charge on any atom is 0.252 e. The van der Waals surface area contributed by atoms with Crippen molar-refractivity contribution in [2.75, 3.05) is 44.3 Å². The third-order valence-electron chi connectivity index (χ3n) is 6.50. The molecule has 3 aliphatic rings. The van der Waals surface area contributed by atoms with Gasteiger partial charge in [-0.3, -0.25) is 9.69 Å². The first-order valence-electron chi connectivity index (χ1n) is 10.6. The normalized spacial score (nSPS) is 25.0. The van der Waals surface area contributed by atoms with Gasteiger partial charge in [0.15, 0.2) is 0 Å². The molecule has 6 nitrogen and oxygen atoms in total. The number of hydrogen-bond donors (Lipinski definition) is 1. The molecule has 0 aliphatic carbocycles. The average molecular weight is 393 g/mol. The number of likely N-dealkylation sites (tertiary alicyclic amines) is 1. The van der Waals surface area contributed by atoms with Crippen molar-refractivity contribution in [2.24, 2.45) is 0 Å². The molecule has 1 N–H and O–H groups in total. The fourth-order valence-electron chi connectivity index (χ4n) is 4.85. The molecule has 0 saturated carbocycles. The summed E-state index contributed by atoms with van der Waals surface area (Å²) in [5.74, 6) is 1.11. The van der Waals surface area contributed by atoms with Gasteiger partial charge < -0.3 is 15.0 Å². The molecule has 2 fully saturated rings.